The summed E-state index contributed by atoms with van der Waals surface area (Å²) in [6.45, 7) is 6.22. The van der Waals surface area contributed by atoms with Crippen molar-refractivity contribution in [2.24, 2.45) is 0 Å². The highest BCUT2D eigenvalue weighted by molar-refractivity contribution is 7.18. The molecule has 2 N–H and O–H groups in total. The Labute approximate surface area is 116 Å². The van der Waals surface area contributed by atoms with Crippen molar-refractivity contribution in [1.29, 1.82) is 0 Å². The standard InChI is InChI=1S/C15H15N3S/c1-8-6-4-5-7-11(8)14-17-13(16)12-9(2)10(3)19-15(12)18-14/h4-7H,1-3H3,(H2,16,17,18). The SMILES string of the molecule is Cc1ccccc1-c1nc(N)c2c(C)c(C)sc2n1. The van der Waals surface area contributed by atoms with Crippen molar-refractivity contribution in [3.63, 3.8) is 0 Å². The zero-order valence-electron chi connectivity index (χ0n) is 11.2. The van der Waals surface area contributed by atoms with Gasteiger partial charge < -0.3 is 5.73 Å². The van der Waals surface area contributed by atoms with E-state index >= 15 is 0 Å². The number of nitrogen functional groups attached to an aromatic ring is 1. The van der Waals surface area contributed by atoms with Crippen LogP contribution in [0.25, 0.3) is 21.6 Å². The lowest BCUT2D eigenvalue weighted by Gasteiger charge is -2.06. The average molecular weight is 269 g/mol. The van der Waals surface area contributed by atoms with Crippen molar-refractivity contribution in [1.82, 2.24) is 9.97 Å². The highest BCUT2D eigenvalue weighted by Gasteiger charge is 2.14. The van der Waals surface area contributed by atoms with Crippen LogP contribution in [0.3, 0.4) is 0 Å². The van der Waals surface area contributed by atoms with Crippen LogP contribution >= 0.6 is 11.3 Å². The van der Waals surface area contributed by atoms with Crippen molar-refractivity contribution in [2.45, 2.75) is 20.8 Å². The second kappa shape index (κ2) is 4.31. The van der Waals surface area contributed by atoms with Gasteiger partial charge in [0.05, 0.1) is 5.39 Å². The maximum absolute atomic E-state index is 6.11. The molecule has 0 aliphatic heterocycles. The van der Waals surface area contributed by atoms with Crippen LogP contribution in [0.15, 0.2) is 24.3 Å². The quantitative estimate of drug-likeness (QED) is 0.729. The van der Waals surface area contributed by atoms with Gasteiger partial charge in [-0.1, -0.05) is 24.3 Å². The number of anilines is 1. The molecule has 0 saturated carbocycles. The van der Waals surface area contributed by atoms with E-state index < -0.39 is 0 Å². The van der Waals surface area contributed by atoms with Crippen LogP contribution < -0.4 is 5.73 Å². The Morgan fingerprint density at radius 3 is 2.53 bits per heavy atom. The molecular weight excluding hydrogens is 254 g/mol. The Morgan fingerprint density at radius 1 is 1.05 bits per heavy atom. The van der Waals surface area contributed by atoms with Crippen molar-refractivity contribution in [3.8, 4) is 11.4 Å². The van der Waals surface area contributed by atoms with Crippen molar-refractivity contribution < 1.29 is 0 Å². The molecule has 3 rings (SSSR count). The van der Waals surface area contributed by atoms with Crippen LogP contribution in [-0.2, 0) is 0 Å². The summed E-state index contributed by atoms with van der Waals surface area (Å²) >= 11 is 1.68. The van der Waals surface area contributed by atoms with Crippen LogP contribution in [0.5, 0.6) is 0 Å². The second-order valence-electron chi connectivity index (χ2n) is 4.71. The van der Waals surface area contributed by atoms with E-state index in [-0.39, 0.29) is 0 Å². The molecule has 0 unspecified atom stereocenters. The van der Waals surface area contributed by atoms with E-state index in [4.69, 9.17) is 5.73 Å². The molecule has 0 bridgehead atoms. The lowest BCUT2D eigenvalue weighted by atomic mass is 10.1. The summed E-state index contributed by atoms with van der Waals surface area (Å²) in [4.78, 5) is 11.4. The normalized spacial score (nSPS) is 11.1. The van der Waals surface area contributed by atoms with Gasteiger partial charge in [-0.3, -0.25) is 0 Å². The molecule has 1 aromatic carbocycles. The van der Waals surface area contributed by atoms with Crippen LogP contribution in [0.1, 0.15) is 16.0 Å². The summed E-state index contributed by atoms with van der Waals surface area (Å²) in [6, 6.07) is 8.10. The van der Waals surface area contributed by atoms with E-state index in [9.17, 15) is 0 Å². The summed E-state index contributed by atoms with van der Waals surface area (Å²) in [5, 5.41) is 1.000. The first kappa shape index (κ1) is 12.1. The first-order chi connectivity index (χ1) is 9.08. The van der Waals surface area contributed by atoms with Gasteiger partial charge in [0.1, 0.15) is 10.6 Å². The number of rotatable bonds is 1. The van der Waals surface area contributed by atoms with Gasteiger partial charge in [-0.25, -0.2) is 9.97 Å². The molecule has 19 heavy (non-hydrogen) atoms. The van der Waals surface area contributed by atoms with Gasteiger partial charge >= 0.3 is 0 Å². The first-order valence-electron chi connectivity index (χ1n) is 6.17. The number of hydrogen-bond acceptors (Lipinski definition) is 4. The van der Waals surface area contributed by atoms with Crippen molar-refractivity contribution in [2.75, 3.05) is 5.73 Å². The summed E-state index contributed by atoms with van der Waals surface area (Å²) in [5.41, 5.74) is 9.50. The van der Waals surface area contributed by atoms with Gasteiger partial charge in [-0.05, 0) is 31.9 Å². The minimum absolute atomic E-state index is 0.574. The second-order valence-corrected chi connectivity index (χ2v) is 5.91. The molecule has 0 atom stereocenters. The monoisotopic (exact) mass is 269 g/mol. The van der Waals surface area contributed by atoms with E-state index in [1.807, 2.05) is 18.2 Å². The van der Waals surface area contributed by atoms with Gasteiger partial charge in [-0.2, -0.15) is 0 Å². The van der Waals surface area contributed by atoms with E-state index in [2.05, 4.69) is 36.8 Å². The number of aromatic nitrogens is 2. The number of nitrogens with zero attached hydrogens (tertiary/aromatic N) is 2. The zero-order chi connectivity index (χ0) is 13.6. The fourth-order valence-electron chi connectivity index (χ4n) is 2.22. The fourth-order valence-corrected chi connectivity index (χ4v) is 3.26. The number of thiophene rings is 1. The third kappa shape index (κ3) is 1.88. The van der Waals surface area contributed by atoms with Crippen molar-refractivity contribution in [3.05, 3.63) is 40.3 Å². The molecule has 0 amide bonds. The topological polar surface area (TPSA) is 51.8 Å². The zero-order valence-corrected chi connectivity index (χ0v) is 12.0. The molecule has 2 aromatic heterocycles. The molecule has 4 heteroatoms. The number of nitrogens with two attached hydrogens (primary N) is 1. The van der Waals surface area contributed by atoms with Crippen LogP contribution in [-0.4, -0.2) is 9.97 Å². The molecule has 3 nitrogen and oxygen atoms in total. The maximum Gasteiger partial charge on any atom is 0.163 e. The molecule has 0 fully saturated rings. The molecule has 0 aliphatic rings. The number of fused-ring (bicyclic) bond motifs is 1. The van der Waals surface area contributed by atoms with Gasteiger partial charge in [0.25, 0.3) is 0 Å². The lowest BCUT2D eigenvalue weighted by Crippen LogP contribution is -1.97. The largest absolute Gasteiger partial charge is 0.383 e. The number of benzene rings is 1. The first-order valence-corrected chi connectivity index (χ1v) is 6.99. The summed E-state index contributed by atoms with van der Waals surface area (Å²) in [6.07, 6.45) is 0. The predicted molar refractivity (Wildman–Crippen MR) is 81.5 cm³/mol. The highest BCUT2D eigenvalue weighted by Crippen LogP contribution is 2.33. The third-order valence-corrected chi connectivity index (χ3v) is 4.54. The van der Waals surface area contributed by atoms with E-state index in [0.717, 1.165) is 21.3 Å². The molecule has 3 aromatic rings. The van der Waals surface area contributed by atoms with Gasteiger partial charge in [0.15, 0.2) is 5.82 Å². The summed E-state index contributed by atoms with van der Waals surface area (Å²) in [5.74, 6) is 1.29. The Hall–Kier alpha value is -1.94. The lowest BCUT2D eigenvalue weighted by molar-refractivity contribution is 1.23. The highest BCUT2D eigenvalue weighted by atomic mass is 32.1. The minimum atomic E-state index is 0.574. The molecule has 0 radical (unpaired) electrons. The van der Waals surface area contributed by atoms with Gasteiger partial charge in [0.2, 0.25) is 0 Å². The van der Waals surface area contributed by atoms with Crippen LogP contribution in [0, 0.1) is 20.8 Å². The van der Waals surface area contributed by atoms with Crippen LogP contribution in [0.4, 0.5) is 5.82 Å². The third-order valence-electron chi connectivity index (χ3n) is 3.44. The van der Waals surface area contributed by atoms with Crippen LogP contribution in [0.2, 0.25) is 0 Å². The van der Waals surface area contributed by atoms with E-state index in [0.29, 0.717) is 11.6 Å². The predicted octanol–water partition coefficient (Wildman–Crippen LogP) is 3.87. The summed E-state index contributed by atoms with van der Waals surface area (Å²) < 4.78 is 0. The molecule has 96 valence electrons. The molecule has 0 saturated heterocycles. The van der Waals surface area contributed by atoms with Crippen molar-refractivity contribution >= 4 is 27.4 Å². The average Bonchev–Trinajstić information content (AvgIpc) is 2.66. The van der Waals surface area contributed by atoms with Gasteiger partial charge in [0, 0.05) is 10.4 Å². The molecule has 0 spiro atoms. The Kier molecular flexibility index (Phi) is 2.75. The maximum atomic E-state index is 6.11. The number of aryl methyl sites for hydroxylation is 3. The Bertz CT molecular complexity index is 774. The smallest absolute Gasteiger partial charge is 0.163 e. The molecular formula is C15H15N3S. The Balaban J connectivity index is 2.30. The van der Waals surface area contributed by atoms with Gasteiger partial charge in [-0.15, -0.1) is 11.3 Å². The minimum Gasteiger partial charge on any atom is -0.383 e. The van der Waals surface area contributed by atoms with E-state index in [1.165, 1.54) is 10.4 Å². The fraction of sp³-hybridized carbons (Fsp3) is 0.200. The number of hydrogen-bond donors (Lipinski definition) is 1. The van der Waals surface area contributed by atoms with E-state index in [1.54, 1.807) is 11.3 Å². The Morgan fingerprint density at radius 2 is 1.79 bits per heavy atom. The molecule has 0 aliphatic carbocycles. The summed E-state index contributed by atoms with van der Waals surface area (Å²) in [7, 11) is 0. The molecule has 2 heterocycles.